The Labute approximate surface area is 173 Å². The molecule has 1 aliphatic rings. The Kier molecular flexibility index (Phi) is 4.72. The minimum absolute atomic E-state index is 0.0897. The van der Waals surface area contributed by atoms with Crippen molar-refractivity contribution < 1.29 is 5.11 Å². The number of hydrogen-bond donors (Lipinski definition) is 2. The van der Waals surface area contributed by atoms with Gasteiger partial charge in [0.1, 0.15) is 11.4 Å². The number of pyridine rings is 1. The van der Waals surface area contributed by atoms with Crippen LogP contribution in [0.15, 0.2) is 49.1 Å². The maximum atomic E-state index is 10.7. The van der Waals surface area contributed by atoms with Gasteiger partial charge < -0.3 is 15.3 Å². The highest BCUT2D eigenvalue weighted by Gasteiger charge is 2.20. The van der Waals surface area contributed by atoms with E-state index in [1.54, 1.807) is 36.9 Å². The maximum absolute atomic E-state index is 10.7. The molecule has 3 aromatic heterocycles. The highest BCUT2D eigenvalue weighted by atomic mass is 16.3. The second kappa shape index (κ2) is 7.68. The molecule has 152 valence electrons. The molecule has 0 aliphatic carbocycles. The van der Waals surface area contributed by atoms with Crippen LogP contribution in [0.2, 0.25) is 0 Å². The van der Waals surface area contributed by atoms with E-state index in [0.29, 0.717) is 23.0 Å². The minimum atomic E-state index is 0.0897. The van der Waals surface area contributed by atoms with Gasteiger partial charge in [0.15, 0.2) is 5.82 Å². The first-order valence-electron chi connectivity index (χ1n) is 9.94. The quantitative estimate of drug-likeness (QED) is 0.536. The van der Waals surface area contributed by atoms with Gasteiger partial charge in [0.2, 0.25) is 0 Å². The first-order chi connectivity index (χ1) is 14.7. The molecule has 5 rings (SSSR count). The molecule has 1 fully saturated rings. The molecule has 0 radical (unpaired) electrons. The van der Waals surface area contributed by atoms with Gasteiger partial charge in [-0.05, 0) is 44.6 Å². The second-order valence-corrected chi connectivity index (χ2v) is 7.58. The van der Waals surface area contributed by atoms with Gasteiger partial charge in [0.05, 0.1) is 18.1 Å². The van der Waals surface area contributed by atoms with Crippen LogP contribution < -0.4 is 5.32 Å². The van der Waals surface area contributed by atoms with E-state index in [9.17, 15) is 5.11 Å². The zero-order valence-corrected chi connectivity index (χ0v) is 16.6. The summed E-state index contributed by atoms with van der Waals surface area (Å²) in [4.78, 5) is 8.05. The molecule has 4 heterocycles. The van der Waals surface area contributed by atoms with Crippen LogP contribution in [0.4, 0.5) is 5.82 Å². The van der Waals surface area contributed by atoms with Crippen LogP contribution in [-0.2, 0) is 0 Å². The van der Waals surface area contributed by atoms with Gasteiger partial charge in [-0.1, -0.05) is 0 Å². The summed E-state index contributed by atoms with van der Waals surface area (Å²) in [6.07, 6.45) is 8.95. The Balaban J connectivity index is 1.53. The summed E-state index contributed by atoms with van der Waals surface area (Å²) in [5.41, 5.74) is 1.87. The molecular formula is C21H22N8O. The smallest absolute Gasteiger partial charge is 0.158 e. The fourth-order valence-electron chi connectivity index (χ4n) is 3.97. The van der Waals surface area contributed by atoms with Crippen LogP contribution in [0.1, 0.15) is 12.8 Å². The average Bonchev–Trinajstić information content (AvgIpc) is 3.29. The standard InChI is InChI=1S/C21H22N8O/c1-28-10-2-3-14(13-28)25-21-18-12-22-7-6-16(18)20(26-27-21)17-5-4-15(11-19(17)30)29-23-8-9-24-29/h4-9,11-12,14,30H,2-3,10,13H2,1H3,(H,25,27)/t14-/m1/s1. The summed E-state index contributed by atoms with van der Waals surface area (Å²) >= 11 is 0. The summed E-state index contributed by atoms with van der Waals surface area (Å²) in [7, 11) is 2.13. The van der Waals surface area contributed by atoms with Gasteiger partial charge in [-0.25, -0.2) is 0 Å². The Morgan fingerprint density at radius 2 is 1.93 bits per heavy atom. The fraction of sp³-hybridized carbons (Fsp3) is 0.286. The highest BCUT2D eigenvalue weighted by molar-refractivity contribution is 6.00. The van der Waals surface area contributed by atoms with E-state index >= 15 is 0 Å². The van der Waals surface area contributed by atoms with Crippen molar-refractivity contribution in [3.63, 3.8) is 0 Å². The normalized spacial score (nSPS) is 17.3. The largest absolute Gasteiger partial charge is 0.507 e. The molecule has 1 aromatic carbocycles. The summed E-state index contributed by atoms with van der Waals surface area (Å²) < 4.78 is 0. The van der Waals surface area contributed by atoms with Crippen molar-refractivity contribution in [1.82, 2.24) is 35.1 Å². The number of anilines is 1. The third-order valence-corrected chi connectivity index (χ3v) is 5.43. The van der Waals surface area contributed by atoms with Crippen LogP contribution in [-0.4, -0.2) is 66.4 Å². The molecule has 30 heavy (non-hydrogen) atoms. The van der Waals surface area contributed by atoms with Crippen molar-refractivity contribution in [2.45, 2.75) is 18.9 Å². The van der Waals surface area contributed by atoms with Crippen molar-refractivity contribution in [3.8, 4) is 22.7 Å². The number of likely N-dealkylation sites (tertiary alicyclic amines) is 1. The van der Waals surface area contributed by atoms with Crippen molar-refractivity contribution in [3.05, 3.63) is 49.1 Å². The van der Waals surface area contributed by atoms with E-state index in [0.717, 1.165) is 42.5 Å². The first-order valence-corrected chi connectivity index (χ1v) is 9.94. The lowest BCUT2D eigenvalue weighted by atomic mass is 10.0. The number of rotatable bonds is 4. The van der Waals surface area contributed by atoms with Crippen LogP contribution in [0, 0.1) is 0 Å². The molecule has 0 saturated carbocycles. The van der Waals surface area contributed by atoms with E-state index in [2.05, 4.69) is 42.6 Å². The van der Waals surface area contributed by atoms with Gasteiger partial charge in [-0.2, -0.15) is 15.0 Å². The van der Waals surface area contributed by atoms with Crippen molar-refractivity contribution in [2.75, 3.05) is 25.5 Å². The summed E-state index contributed by atoms with van der Waals surface area (Å²) in [5.74, 6) is 0.811. The van der Waals surface area contributed by atoms with Crippen molar-refractivity contribution in [2.24, 2.45) is 0 Å². The molecule has 0 spiro atoms. The Morgan fingerprint density at radius 1 is 1.07 bits per heavy atom. The molecule has 0 amide bonds. The summed E-state index contributed by atoms with van der Waals surface area (Å²) in [6.45, 7) is 2.09. The molecule has 1 aliphatic heterocycles. The topological polar surface area (TPSA) is 105 Å². The van der Waals surface area contributed by atoms with E-state index < -0.39 is 0 Å². The lowest BCUT2D eigenvalue weighted by molar-refractivity contribution is 0.261. The molecular weight excluding hydrogens is 380 g/mol. The monoisotopic (exact) mass is 402 g/mol. The zero-order valence-electron chi connectivity index (χ0n) is 16.6. The van der Waals surface area contributed by atoms with Crippen LogP contribution in [0.3, 0.4) is 0 Å². The number of phenols is 1. The summed E-state index contributed by atoms with van der Waals surface area (Å²) in [5, 5.41) is 33.1. The lowest BCUT2D eigenvalue weighted by Gasteiger charge is -2.30. The molecule has 4 aromatic rings. The van der Waals surface area contributed by atoms with Gasteiger partial charge in [-0.3, -0.25) is 4.98 Å². The number of piperidine rings is 1. The summed E-state index contributed by atoms with van der Waals surface area (Å²) in [6, 6.07) is 7.49. The van der Waals surface area contributed by atoms with Crippen molar-refractivity contribution >= 4 is 16.6 Å². The fourth-order valence-corrected chi connectivity index (χ4v) is 3.97. The van der Waals surface area contributed by atoms with E-state index in [-0.39, 0.29) is 5.75 Å². The van der Waals surface area contributed by atoms with E-state index in [1.807, 2.05) is 12.1 Å². The number of aromatic hydroxyl groups is 1. The number of fused-ring (bicyclic) bond motifs is 1. The predicted molar refractivity (Wildman–Crippen MR) is 113 cm³/mol. The van der Waals surface area contributed by atoms with Crippen LogP contribution in [0.5, 0.6) is 5.75 Å². The molecule has 0 unspecified atom stereocenters. The average molecular weight is 402 g/mol. The van der Waals surface area contributed by atoms with Gasteiger partial charge >= 0.3 is 0 Å². The third-order valence-electron chi connectivity index (χ3n) is 5.43. The molecule has 1 saturated heterocycles. The van der Waals surface area contributed by atoms with Gasteiger partial charge in [0.25, 0.3) is 0 Å². The zero-order chi connectivity index (χ0) is 20.5. The number of nitrogens with one attached hydrogen (secondary N) is 1. The lowest BCUT2D eigenvalue weighted by Crippen LogP contribution is -2.40. The molecule has 2 N–H and O–H groups in total. The van der Waals surface area contributed by atoms with Crippen LogP contribution >= 0.6 is 0 Å². The number of likely N-dealkylation sites (N-methyl/N-ethyl adjacent to an activating group) is 1. The predicted octanol–water partition coefficient (Wildman–Crippen LogP) is 2.48. The van der Waals surface area contributed by atoms with Gasteiger partial charge in [-0.15, -0.1) is 10.2 Å². The number of benzene rings is 1. The second-order valence-electron chi connectivity index (χ2n) is 7.58. The minimum Gasteiger partial charge on any atom is -0.507 e. The molecule has 9 nitrogen and oxygen atoms in total. The molecule has 0 bridgehead atoms. The Morgan fingerprint density at radius 3 is 2.73 bits per heavy atom. The maximum Gasteiger partial charge on any atom is 0.158 e. The van der Waals surface area contributed by atoms with Crippen LogP contribution in [0.25, 0.3) is 27.7 Å². The van der Waals surface area contributed by atoms with E-state index in [4.69, 9.17) is 0 Å². The van der Waals surface area contributed by atoms with Crippen molar-refractivity contribution in [1.29, 1.82) is 0 Å². The van der Waals surface area contributed by atoms with E-state index in [1.165, 1.54) is 4.80 Å². The SMILES string of the molecule is CN1CCC[C@@H](Nc2nnc(-c3ccc(-n4nccn4)cc3O)c3ccncc23)C1. The van der Waals surface area contributed by atoms with Gasteiger partial charge in [0, 0.05) is 47.4 Å². The third kappa shape index (κ3) is 3.43. The Hall–Kier alpha value is -3.59. The highest BCUT2D eigenvalue weighted by Crippen LogP contribution is 2.35. The number of aromatic nitrogens is 6. The molecule has 9 heteroatoms. The first kappa shape index (κ1) is 18.4. The number of phenolic OH excluding ortho intramolecular Hbond substituents is 1. The number of hydrogen-bond acceptors (Lipinski definition) is 8. The molecule has 1 atom stereocenters. The Bertz CT molecular complexity index is 1180. The number of nitrogens with zero attached hydrogens (tertiary/aromatic N) is 7.